The van der Waals surface area contributed by atoms with Crippen LogP contribution in [0.5, 0.6) is 5.75 Å². The first-order valence-corrected chi connectivity index (χ1v) is 9.00. The Balaban J connectivity index is 2.00. The lowest BCUT2D eigenvalue weighted by molar-refractivity contribution is -0.141. The average Bonchev–Trinajstić information content (AvgIpc) is 2.65. The number of aliphatic carboxylic acids is 1. The second kappa shape index (κ2) is 9.21. The van der Waals surface area contributed by atoms with E-state index in [4.69, 9.17) is 4.74 Å². The predicted molar refractivity (Wildman–Crippen MR) is 105 cm³/mol. The van der Waals surface area contributed by atoms with Crippen molar-refractivity contribution in [3.63, 3.8) is 0 Å². The largest absolute Gasteiger partial charge is 0.496 e. The Kier molecular flexibility index (Phi) is 6.99. The van der Waals surface area contributed by atoms with Crippen molar-refractivity contribution in [2.45, 2.75) is 26.7 Å². The molecule has 2 aromatic carbocycles. The third-order valence-electron chi connectivity index (χ3n) is 4.62. The molecular formula is C22H27NO4. The summed E-state index contributed by atoms with van der Waals surface area (Å²) in [7, 11) is 1.56. The van der Waals surface area contributed by atoms with E-state index < -0.39 is 17.3 Å². The topological polar surface area (TPSA) is 75.6 Å². The number of ether oxygens (including phenoxy) is 1. The second-order valence-electron chi connectivity index (χ2n) is 7.31. The van der Waals surface area contributed by atoms with Gasteiger partial charge in [-0.15, -0.1) is 0 Å². The van der Waals surface area contributed by atoms with Gasteiger partial charge in [-0.25, -0.2) is 0 Å². The number of carbonyl (C=O) groups is 2. The zero-order chi connectivity index (χ0) is 19.9. The van der Waals surface area contributed by atoms with Gasteiger partial charge in [-0.2, -0.15) is 0 Å². The van der Waals surface area contributed by atoms with Crippen molar-refractivity contribution in [3.8, 4) is 5.75 Å². The maximum absolute atomic E-state index is 12.6. The number of hydrogen-bond acceptors (Lipinski definition) is 3. The molecule has 0 aliphatic heterocycles. The molecule has 144 valence electrons. The molecule has 1 unspecified atom stereocenters. The number of methoxy groups -OCH3 is 1. The Hall–Kier alpha value is -2.82. The van der Waals surface area contributed by atoms with Crippen molar-refractivity contribution in [1.82, 2.24) is 5.32 Å². The normalized spacial score (nSPS) is 12.3. The van der Waals surface area contributed by atoms with Gasteiger partial charge in [0, 0.05) is 12.0 Å². The highest BCUT2D eigenvalue weighted by atomic mass is 16.5. The van der Waals surface area contributed by atoms with E-state index in [2.05, 4.69) is 5.32 Å². The lowest BCUT2D eigenvalue weighted by Crippen LogP contribution is -2.42. The van der Waals surface area contributed by atoms with E-state index >= 15 is 0 Å². The van der Waals surface area contributed by atoms with Crippen LogP contribution in [0.1, 0.15) is 25.0 Å². The van der Waals surface area contributed by atoms with E-state index in [9.17, 15) is 14.7 Å². The van der Waals surface area contributed by atoms with E-state index in [-0.39, 0.29) is 12.5 Å². The van der Waals surface area contributed by atoms with Crippen LogP contribution in [-0.4, -0.2) is 30.6 Å². The second-order valence-corrected chi connectivity index (χ2v) is 7.31. The first kappa shape index (κ1) is 20.5. The van der Waals surface area contributed by atoms with E-state index in [0.717, 1.165) is 11.1 Å². The highest BCUT2D eigenvalue weighted by molar-refractivity contribution is 5.82. The van der Waals surface area contributed by atoms with Gasteiger partial charge in [0.05, 0.1) is 13.0 Å². The fraction of sp³-hybridized carbons (Fsp3) is 0.364. The summed E-state index contributed by atoms with van der Waals surface area (Å²) in [5, 5.41) is 12.4. The molecule has 0 saturated carbocycles. The molecule has 0 aromatic heterocycles. The number of amides is 1. The lowest BCUT2D eigenvalue weighted by atomic mass is 9.84. The molecule has 0 radical (unpaired) electrons. The minimum Gasteiger partial charge on any atom is -0.496 e. The molecular weight excluding hydrogens is 342 g/mol. The van der Waals surface area contributed by atoms with Crippen LogP contribution in [0.25, 0.3) is 0 Å². The Bertz CT molecular complexity index is 771. The fourth-order valence-electron chi connectivity index (χ4n) is 3.03. The number of carboxylic acid groups (broad SMARTS) is 1. The van der Waals surface area contributed by atoms with E-state index in [1.165, 1.54) is 0 Å². The zero-order valence-electron chi connectivity index (χ0n) is 16.1. The lowest BCUT2D eigenvalue weighted by Gasteiger charge is -2.25. The molecule has 0 heterocycles. The van der Waals surface area contributed by atoms with Crippen molar-refractivity contribution >= 4 is 11.9 Å². The summed E-state index contributed by atoms with van der Waals surface area (Å²) in [5.74, 6) is -1.17. The van der Waals surface area contributed by atoms with Gasteiger partial charge in [-0.3, -0.25) is 9.59 Å². The molecule has 0 aliphatic rings. The van der Waals surface area contributed by atoms with Gasteiger partial charge in [0.2, 0.25) is 5.91 Å². The van der Waals surface area contributed by atoms with Crippen LogP contribution in [-0.2, 0) is 22.4 Å². The van der Waals surface area contributed by atoms with Crippen molar-refractivity contribution in [2.24, 2.45) is 11.3 Å². The number of benzene rings is 2. The van der Waals surface area contributed by atoms with Gasteiger partial charge in [0.25, 0.3) is 0 Å². The molecule has 2 rings (SSSR count). The van der Waals surface area contributed by atoms with E-state index in [1.54, 1.807) is 13.2 Å². The Labute approximate surface area is 160 Å². The van der Waals surface area contributed by atoms with Gasteiger partial charge in [-0.05, 0) is 30.0 Å². The molecule has 1 atom stereocenters. The number of carboxylic acids is 1. The molecule has 5 heteroatoms. The quantitative estimate of drug-likeness (QED) is 0.711. The Morgan fingerprint density at radius 2 is 1.70 bits per heavy atom. The minimum atomic E-state index is -0.943. The molecule has 0 bridgehead atoms. The molecule has 27 heavy (non-hydrogen) atoms. The number of nitrogens with one attached hydrogen (secondary N) is 1. The number of hydrogen-bond donors (Lipinski definition) is 2. The molecule has 1 amide bonds. The van der Waals surface area contributed by atoms with Gasteiger partial charge >= 0.3 is 5.97 Å². The fourth-order valence-corrected chi connectivity index (χ4v) is 3.03. The molecule has 0 saturated heterocycles. The summed E-state index contributed by atoms with van der Waals surface area (Å²) in [5.41, 5.74) is 1.25. The SMILES string of the molecule is COc1ccccc1CC(CNC(=O)C(C)(C)Cc1ccccc1)C(=O)O. The molecule has 2 N–H and O–H groups in total. The molecule has 0 aliphatic carbocycles. The van der Waals surface area contributed by atoms with Crippen LogP contribution in [0.15, 0.2) is 54.6 Å². The maximum Gasteiger partial charge on any atom is 0.308 e. The van der Waals surface area contributed by atoms with Crippen molar-refractivity contribution < 1.29 is 19.4 Å². The standard InChI is InChI=1S/C22H27NO4/c1-22(2,14-16-9-5-4-6-10-16)21(26)23-15-18(20(24)25)13-17-11-7-8-12-19(17)27-3/h4-12,18H,13-15H2,1-3H3,(H,23,26)(H,24,25). The Morgan fingerprint density at radius 3 is 2.33 bits per heavy atom. The van der Waals surface area contributed by atoms with Crippen LogP contribution < -0.4 is 10.1 Å². The van der Waals surface area contributed by atoms with E-state index in [0.29, 0.717) is 18.6 Å². The number of rotatable bonds is 9. The predicted octanol–water partition coefficient (Wildman–Crippen LogP) is 3.32. The van der Waals surface area contributed by atoms with Crippen LogP contribution >= 0.6 is 0 Å². The molecule has 5 nitrogen and oxygen atoms in total. The van der Waals surface area contributed by atoms with E-state index in [1.807, 2.05) is 62.4 Å². The highest BCUT2D eigenvalue weighted by Gasteiger charge is 2.29. The summed E-state index contributed by atoms with van der Waals surface area (Å²) < 4.78 is 5.29. The highest BCUT2D eigenvalue weighted by Crippen LogP contribution is 2.23. The Morgan fingerprint density at radius 1 is 1.07 bits per heavy atom. The van der Waals surface area contributed by atoms with Crippen molar-refractivity contribution in [3.05, 3.63) is 65.7 Å². The number of carbonyl (C=O) groups excluding carboxylic acids is 1. The molecule has 2 aromatic rings. The maximum atomic E-state index is 12.6. The summed E-state index contributed by atoms with van der Waals surface area (Å²) in [6.07, 6.45) is 0.878. The summed E-state index contributed by atoms with van der Waals surface area (Å²) in [4.78, 5) is 24.3. The third-order valence-corrected chi connectivity index (χ3v) is 4.62. The summed E-state index contributed by atoms with van der Waals surface area (Å²) >= 11 is 0. The van der Waals surface area contributed by atoms with Gasteiger partial charge in [0.15, 0.2) is 0 Å². The van der Waals surface area contributed by atoms with Gasteiger partial charge in [0.1, 0.15) is 5.75 Å². The minimum absolute atomic E-state index is 0.0738. The van der Waals surface area contributed by atoms with Crippen LogP contribution in [0, 0.1) is 11.3 Å². The van der Waals surface area contributed by atoms with Gasteiger partial charge < -0.3 is 15.2 Å². The smallest absolute Gasteiger partial charge is 0.308 e. The third kappa shape index (κ3) is 5.84. The zero-order valence-corrected chi connectivity index (χ0v) is 16.1. The van der Waals surface area contributed by atoms with Crippen molar-refractivity contribution in [2.75, 3.05) is 13.7 Å². The van der Waals surface area contributed by atoms with Crippen LogP contribution in [0.2, 0.25) is 0 Å². The van der Waals surface area contributed by atoms with Crippen LogP contribution in [0.4, 0.5) is 0 Å². The number of para-hydroxylation sites is 1. The average molecular weight is 369 g/mol. The van der Waals surface area contributed by atoms with Crippen LogP contribution in [0.3, 0.4) is 0 Å². The van der Waals surface area contributed by atoms with Crippen molar-refractivity contribution in [1.29, 1.82) is 0 Å². The summed E-state index contributed by atoms with van der Waals surface area (Å²) in [6, 6.07) is 17.1. The molecule has 0 fully saturated rings. The monoisotopic (exact) mass is 369 g/mol. The van der Waals surface area contributed by atoms with Gasteiger partial charge in [-0.1, -0.05) is 62.4 Å². The molecule has 0 spiro atoms. The first-order valence-electron chi connectivity index (χ1n) is 9.00. The first-order chi connectivity index (χ1) is 12.8. The summed E-state index contributed by atoms with van der Waals surface area (Å²) in [6.45, 7) is 3.81.